The summed E-state index contributed by atoms with van der Waals surface area (Å²) in [6, 6.07) is 4.54. The molecule has 1 aromatic carbocycles. The average molecular weight is 369 g/mol. The largest absolute Gasteiger partial charge is 0.506 e. The number of phenols is 1. The predicted octanol–water partition coefficient (Wildman–Crippen LogP) is 3.34. The van der Waals surface area contributed by atoms with Crippen molar-refractivity contribution in [1.29, 1.82) is 5.26 Å². The normalized spacial score (nSPS) is 17.4. The molecule has 0 saturated carbocycles. The maximum Gasteiger partial charge on any atom is 0.338 e. The number of aromatic hydroxyl groups is 1. The molecule has 0 bridgehead atoms. The van der Waals surface area contributed by atoms with Crippen LogP contribution in [0, 0.1) is 11.3 Å². The van der Waals surface area contributed by atoms with Crippen molar-refractivity contribution in [3.63, 3.8) is 0 Å². The summed E-state index contributed by atoms with van der Waals surface area (Å²) in [5.41, 5.74) is 6.16. The molecule has 1 aromatic rings. The van der Waals surface area contributed by atoms with Crippen LogP contribution in [0.25, 0.3) is 0 Å². The van der Waals surface area contributed by atoms with Crippen molar-refractivity contribution in [2.24, 2.45) is 5.73 Å². The topological polar surface area (TPSA) is 106 Å². The molecule has 1 aliphatic heterocycles. The minimum absolute atomic E-state index is 0.00715. The van der Waals surface area contributed by atoms with E-state index in [1.165, 1.54) is 19.1 Å². The number of hydrogen-bond acceptors (Lipinski definition) is 6. The second-order valence-electron chi connectivity index (χ2n) is 4.94. The number of carbonyl (C=O) groups is 1. The molecule has 3 N–H and O–H groups in total. The van der Waals surface area contributed by atoms with Gasteiger partial charge in [-0.1, -0.05) is 23.2 Å². The Morgan fingerprint density at radius 3 is 2.71 bits per heavy atom. The third-order valence-electron chi connectivity index (χ3n) is 3.48. The first-order valence-corrected chi connectivity index (χ1v) is 7.70. The van der Waals surface area contributed by atoms with Gasteiger partial charge in [0, 0.05) is 5.02 Å². The first-order valence-electron chi connectivity index (χ1n) is 6.95. The van der Waals surface area contributed by atoms with Crippen LogP contribution in [-0.4, -0.2) is 17.7 Å². The third-order valence-corrected chi connectivity index (χ3v) is 4.11. The zero-order valence-electron chi connectivity index (χ0n) is 12.9. The zero-order chi connectivity index (χ0) is 18.0. The van der Waals surface area contributed by atoms with Crippen LogP contribution in [-0.2, 0) is 14.3 Å². The summed E-state index contributed by atoms with van der Waals surface area (Å²) < 4.78 is 10.3. The van der Waals surface area contributed by atoms with E-state index >= 15 is 0 Å². The number of carbonyl (C=O) groups excluding carboxylic acids is 1. The Balaban J connectivity index is 2.72. The van der Waals surface area contributed by atoms with Crippen molar-refractivity contribution in [3.8, 4) is 11.8 Å². The van der Waals surface area contributed by atoms with Gasteiger partial charge >= 0.3 is 5.97 Å². The summed E-state index contributed by atoms with van der Waals surface area (Å²) in [5.74, 6) is -1.78. The van der Waals surface area contributed by atoms with Gasteiger partial charge in [0.1, 0.15) is 23.2 Å². The molecule has 0 saturated heterocycles. The Morgan fingerprint density at radius 1 is 1.46 bits per heavy atom. The van der Waals surface area contributed by atoms with Crippen molar-refractivity contribution in [1.82, 2.24) is 0 Å². The number of rotatable bonds is 3. The molecule has 0 aliphatic carbocycles. The lowest BCUT2D eigenvalue weighted by Gasteiger charge is -2.27. The Kier molecular flexibility index (Phi) is 5.27. The van der Waals surface area contributed by atoms with Gasteiger partial charge in [-0.25, -0.2) is 4.79 Å². The van der Waals surface area contributed by atoms with Crippen molar-refractivity contribution in [2.45, 2.75) is 19.8 Å². The van der Waals surface area contributed by atoms with E-state index in [1.807, 2.05) is 6.07 Å². The molecule has 0 amide bonds. The minimum Gasteiger partial charge on any atom is -0.506 e. The molecule has 1 atom stereocenters. The molecule has 1 aliphatic rings. The highest BCUT2D eigenvalue weighted by molar-refractivity contribution is 6.36. The Morgan fingerprint density at radius 2 is 2.12 bits per heavy atom. The van der Waals surface area contributed by atoms with Gasteiger partial charge in [0.15, 0.2) is 0 Å². The molecule has 0 spiro atoms. The summed E-state index contributed by atoms with van der Waals surface area (Å²) >= 11 is 12.1. The van der Waals surface area contributed by atoms with E-state index in [4.69, 9.17) is 38.4 Å². The summed E-state index contributed by atoms with van der Waals surface area (Å²) in [6.07, 6.45) is 0. The highest BCUT2D eigenvalue weighted by Gasteiger charge is 2.37. The van der Waals surface area contributed by atoms with E-state index in [2.05, 4.69) is 0 Å². The smallest absolute Gasteiger partial charge is 0.338 e. The highest BCUT2D eigenvalue weighted by Crippen LogP contribution is 2.44. The number of nitrogens with zero attached hydrogens (tertiary/aromatic N) is 1. The Hall–Kier alpha value is -2.36. The predicted molar refractivity (Wildman–Crippen MR) is 88.1 cm³/mol. The fourth-order valence-corrected chi connectivity index (χ4v) is 2.93. The van der Waals surface area contributed by atoms with Gasteiger partial charge in [-0.3, -0.25) is 0 Å². The third kappa shape index (κ3) is 3.14. The van der Waals surface area contributed by atoms with Crippen LogP contribution in [0.3, 0.4) is 0 Å². The number of allylic oxidation sites excluding steroid dienone is 2. The lowest BCUT2D eigenvalue weighted by molar-refractivity contribution is -0.139. The molecular formula is C16H14Cl2N2O4. The Labute approximate surface area is 148 Å². The highest BCUT2D eigenvalue weighted by atomic mass is 35.5. The average Bonchev–Trinajstić information content (AvgIpc) is 2.50. The summed E-state index contributed by atoms with van der Waals surface area (Å²) in [6.45, 7) is 3.33. The molecule has 1 unspecified atom stereocenters. The van der Waals surface area contributed by atoms with Crippen molar-refractivity contribution < 1.29 is 19.4 Å². The van der Waals surface area contributed by atoms with Gasteiger partial charge in [0.2, 0.25) is 5.88 Å². The Bertz CT molecular complexity index is 809. The standard InChI is InChI=1S/C16H14Cl2N2O4/c1-3-23-16(22)13-7(2)24-15(20)9(6-19)14(13)8-4-12(21)11(18)5-10(8)17/h4-5,14,21H,3,20H2,1-2H3. The molecule has 2 rings (SSSR count). The van der Waals surface area contributed by atoms with Crippen LogP contribution >= 0.6 is 23.2 Å². The van der Waals surface area contributed by atoms with Crippen LogP contribution in [0.1, 0.15) is 25.3 Å². The van der Waals surface area contributed by atoms with Gasteiger partial charge in [-0.05, 0) is 31.5 Å². The molecule has 1 heterocycles. The first-order chi connectivity index (χ1) is 11.3. The summed E-state index contributed by atoms with van der Waals surface area (Å²) in [5, 5.41) is 19.6. The number of hydrogen-bond donors (Lipinski definition) is 2. The van der Waals surface area contributed by atoms with Gasteiger partial charge in [-0.15, -0.1) is 0 Å². The molecule has 24 heavy (non-hydrogen) atoms. The number of halogens is 2. The van der Waals surface area contributed by atoms with E-state index in [0.717, 1.165) is 0 Å². The van der Waals surface area contributed by atoms with Crippen molar-refractivity contribution in [2.75, 3.05) is 6.61 Å². The molecule has 0 fully saturated rings. The maximum atomic E-state index is 12.4. The van der Waals surface area contributed by atoms with Gasteiger partial charge in [-0.2, -0.15) is 5.26 Å². The molecule has 0 radical (unpaired) electrons. The minimum atomic E-state index is -0.932. The fraction of sp³-hybridized carbons (Fsp3) is 0.250. The molecule has 6 nitrogen and oxygen atoms in total. The van der Waals surface area contributed by atoms with Crippen LogP contribution in [0.15, 0.2) is 34.9 Å². The summed E-state index contributed by atoms with van der Waals surface area (Å²) in [7, 11) is 0. The first kappa shape index (κ1) is 18.0. The van der Waals surface area contributed by atoms with Crippen molar-refractivity contribution >= 4 is 29.2 Å². The van der Waals surface area contributed by atoms with E-state index < -0.39 is 11.9 Å². The number of phenolic OH excluding ortho intramolecular Hbond substituents is 1. The van der Waals surface area contributed by atoms with Crippen LogP contribution in [0.5, 0.6) is 5.75 Å². The number of esters is 1. The number of ether oxygens (including phenoxy) is 2. The quantitative estimate of drug-likeness (QED) is 0.792. The number of nitrogens with two attached hydrogens (primary N) is 1. The van der Waals surface area contributed by atoms with E-state index in [-0.39, 0.29) is 45.2 Å². The van der Waals surface area contributed by atoms with Gasteiger partial charge in [0.25, 0.3) is 0 Å². The van der Waals surface area contributed by atoms with E-state index in [9.17, 15) is 15.2 Å². The number of nitriles is 1. The zero-order valence-corrected chi connectivity index (χ0v) is 14.4. The monoisotopic (exact) mass is 368 g/mol. The molecule has 0 aromatic heterocycles. The summed E-state index contributed by atoms with van der Waals surface area (Å²) in [4.78, 5) is 12.4. The van der Waals surface area contributed by atoms with Gasteiger partial charge in [0.05, 0.1) is 23.1 Å². The van der Waals surface area contributed by atoms with Crippen LogP contribution < -0.4 is 5.73 Å². The lowest BCUT2D eigenvalue weighted by Crippen LogP contribution is -2.25. The van der Waals surface area contributed by atoms with Gasteiger partial charge < -0.3 is 20.3 Å². The van der Waals surface area contributed by atoms with Crippen LogP contribution in [0.2, 0.25) is 10.0 Å². The maximum absolute atomic E-state index is 12.4. The second kappa shape index (κ2) is 7.04. The molecular weight excluding hydrogens is 355 g/mol. The van der Waals surface area contributed by atoms with E-state index in [1.54, 1.807) is 6.92 Å². The van der Waals surface area contributed by atoms with Crippen LogP contribution in [0.4, 0.5) is 0 Å². The fourth-order valence-electron chi connectivity index (χ4n) is 2.44. The molecule has 8 heteroatoms. The number of benzene rings is 1. The SMILES string of the molecule is CCOC(=O)C1=C(C)OC(N)=C(C#N)C1c1cc(O)c(Cl)cc1Cl. The lowest BCUT2D eigenvalue weighted by atomic mass is 9.83. The van der Waals surface area contributed by atoms with Crippen molar-refractivity contribution in [3.05, 3.63) is 50.5 Å². The molecule has 126 valence electrons. The second-order valence-corrected chi connectivity index (χ2v) is 5.75. The van der Waals surface area contributed by atoms with E-state index in [0.29, 0.717) is 5.56 Å².